The second kappa shape index (κ2) is 8.51. The highest BCUT2D eigenvalue weighted by Crippen LogP contribution is 1.80. The Hall–Kier alpha value is 1.51. The maximum absolute atomic E-state index is 4.53. The van der Waals surface area contributed by atoms with Crippen LogP contribution in [0.1, 0.15) is 0 Å². The zero-order valence-electron chi connectivity index (χ0n) is 4.10. The summed E-state index contributed by atoms with van der Waals surface area (Å²) in [4.78, 5) is 0. The monoisotopic (exact) mass is 345 g/mol. The summed E-state index contributed by atoms with van der Waals surface area (Å²) in [5.74, 6) is 0. The fourth-order valence-corrected chi connectivity index (χ4v) is 0.196. The lowest BCUT2D eigenvalue weighted by molar-refractivity contribution is 0.567. The molecule has 1 aromatic heterocycles. The zero-order chi connectivity index (χ0) is 6.24. The molecule has 0 atom stereocenters. The molecule has 1 radical (unpaired) electrons. The fraction of sp³-hybridized carbons (Fsp3) is 0. The van der Waals surface area contributed by atoms with Gasteiger partial charge in [0.2, 0.25) is 0 Å². The van der Waals surface area contributed by atoms with Gasteiger partial charge in [0, 0.05) is 6.07 Å². The van der Waals surface area contributed by atoms with Crippen LogP contribution in [0.2, 0.25) is 0 Å². The van der Waals surface area contributed by atoms with E-state index in [1.165, 1.54) is 6.26 Å². The van der Waals surface area contributed by atoms with E-state index in [9.17, 15) is 0 Å². The van der Waals surface area contributed by atoms with Crippen LogP contribution in [0, 0.1) is 6.07 Å². The largest absolute Gasteiger partial charge is 0.552 e. The minimum atomic E-state index is 0.357. The van der Waals surface area contributed by atoms with Gasteiger partial charge in [0.15, 0.2) is 0 Å². The van der Waals surface area contributed by atoms with Crippen LogP contribution in [0.4, 0.5) is 0 Å². The lowest BCUT2D eigenvalue weighted by atomic mass is 10.7. The van der Waals surface area contributed by atoms with Gasteiger partial charge < -0.3 is 4.42 Å². The van der Waals surface area contributed by atoms with Gasteiger partial charge in [-0.2, -0.15) is 0 Å². The molecule has 0 saturated heterocycles. The third-order valence-corrected chi connectivity index (χ3v) is 0.379. The molecule has 0 saturated carbocycles. The minimum Gasteiger partial charge on any atom is -0.472 e. The van der Waals surface area contributed by atoms with Gasteiger partial charge in [-0.3, -0.25) is 37.7 Å². The molecular weight excluding hydrogens is 342 g/mol. The molecule has 1 aromatic rings. The molecule has 8 heavy (non-hydrogen) atoms. The maximum atomic E-state index is 4.53. The van der Waals surface area contributed by atoms with Crippen molar-refractivity contribution in [3.8, 4) is 0 Å². The van der Waals surface area contributed by atoms with Crippen molar-refractivity contribution in [3.63, 3.8) is 0 Å². The number of furan rings is 1. The van der Waals surface area contributed by atoms with E-state index < -0.39 is 0 Å². The van der Waals surface area contributed by atoms with Crippen LogP contribution in [0.5, 0.6) is 0 Å². The summed E-state index contributed by atoms with van der Waals surface area (Å²) in [5.41, 5.74) is 0. The molecule has 0 aliphatic rings. The first-order valence-corrected chi connectivity index (χ1v) is 12.1. The molecule has 1 heterocycles. The summed E-state index contributed by atoms with van der Waals surface area (Å²) in [6.45, 7) is 0. The Bertz CT molecular complexity index is 80.9. The van der Waals surface area contributed by atoms with E-state index in [0.29, 0.717) is 12.6 Å². The van der Waals surface area contributed by atoms with E-state index in [0.717, 1.165) is 0 Å². The first-order valence-electron chi connectivity index (χ1n) is 1.92. The molecule has 0 N–H and O–H groups in total. The average molecular weight is 345 g/mol. The quantitative estimate of drug-likeness (QED) is 0.520. The van der Waals surface area contributed by atoms with E-state index >= 15 is 0 Å². The Balaban J connectivity index is 0.000000145. The van der Waals surface area contributed by atoms with Crippen LogP contribution >= 0.6 is 37.7 Å². The first-order chi connectivity index (χ1) is 3.91. The average Bonchev–Trinajstić information content (AvgIpc) is 2.17. The van der Waals surface area contributed by atoms with Crippen LogP contribution in [-0.2, 0) is 0 Å². The second-order valence-corrected chi connectivity index (χ2v) is 14.4. The predicted octanol–water partition coefficient (Wildman–Crippen LogP) is 2.47. The van der Waals surface area contributed by atoms with Gasteiger partial charge in [-0.1, -0.05) is 0 Å². The number of hydrogen-bond acceptors (Lipinski definition) is 1. The van der Waals surface area contributed by atoms with Crippen molar-refractivity contribution < 1.29 is 4.42 Å². The molecule has 0 bridgehead atoms. The summed E-state index contributed by atoms with van der Waals surface area (Å²) >= 11 is 5.18. The standard InChI is InChI=1S/C4H3O.2HI.Mg/c1-2-4-5-3-1;;;/h1,3-4H;2*1H;/q;;;+2/p-2. The first kappa shape index (κ1) is 9.51. The van der Waals surface area contributed by atoms with Gasteiger partial charge >= 0.3 is 12.6 Å². The Morgan fingerprint density at radius 2 is 2.12 bits per heavy atom. The topological polar surface area (TPSA) is 13.1 Å². The molecule has 1 nitrogen and oxygen atoms in total. The van der Waals surface area contributed by atoms with Crippen molar-refractivity contribution in [1.82, 2.24) is 0 Å². The van der Waals surface area contributed by atoms with Gasteiger partial charge in [0.25, 0.3) is 0 Å². The zero-order valence-corrected chi connectivity index (χ0v) is 9.83. The Labute approximate surface area is 78.1 Å². The Kier molecular flexibility index (Phi) is 10.1. The molecule has 41 valence electrons. The van der Waals surface area contributed by atoms with Crippen molar-refractivity contribution in [2.24, 2.45) is 0 Å². The molecule has 0 spiro atoms. The third-order valence-electron chi connectivity index (χ3n) is 0.379. The van der Waals surface area contributed by atoms with Gasteiger partial charge in [0.05, 0.1) is 12.5 Å². The maximum Gasteiger partial charge on any atom is 0.552 e. The number of hydrogen-bond donors (Lipinski definition) is 0. The summed E-state index contributed by atoms with van der Waals surface area (Å²) in [7, 11) is 0. The predicted molar refractivity (Wildman–Crippen MR) is 51.3 cm³/mol. The van der Waals surface area contributed by atoms with E-state index in [1.807, 2.05) is 0 Å². The summed E-state index contributed by atoms with van der Waals surface area (Å²) in [6, 6.07) is 4.40. The third kappa shape index (κ3) is 7.51. The van der Waals surface area contributed by atoms with Gasteiger partial charge in [-0.15, -0.1) is 0 Å². The molecule has 0 aliphatic carbocycles. The van der Waals surface area contributed by atoms with Crippen molar-refractivity contribution in [1.29, 1.82) is 0 Å². The highest BCUT2D eigenvalue weighted by atomic mass is 127. The second-order valence-electron chi connectivity index (χ2n) is 0.824. The molecule has 0 unspecified atom stereocenters. The van der Waals surface area contributed by atoms with Gasteiger partial charge in [0.1, 0.15) is 0 Å². The number of rotatable bonds is 0. The van der Waals surface area contributed by atoms with Crippen LogP contribution in [0.15, 0.2) is 23.0 Å². The smallest absolute Gasteiger partial charge is 0.472 e. The molecule has 0 aliphatic heterocycles. The Morgan fingerprint density at radius 3 is 2.25 bits per heavy atom. The highest BCUT2D eigenvalue weighted by Gasteiger charge is 1.61. The van der Waals surface area contributed by atoms with Crippen molar-refractivity contribution in [3.05, 3.63) is 24.7 Å². The van der Waals surface area contributed by atoms with Gasteiger partial charge in [-0.05, 0) is 6.07 Å². The Morgan fingerprint density at radius 1 is 1.50 bits per heavy atom. The minimum absolute atomic E-state index is 0.357. The van der Waals surface area contributed by atoms with E-state index in [1.54, 1.807) is 12.3 Å². The molecular formula is C4H3I2MgO. The molecule has 0 aromatic carbocycles. The summed E-state index contributed by atoms with van der Waals surface area (Å²) in [6.07, 6.45) is 3.07. The van der Waals surface area contributed by atoms with Crippen molar-refractivity contribution in [2.45, 2.75) is 0 Å². The molecule has 0 fully saturated rings. The van der Waals surface area contributed by atoms with Crippen LogP contribution < -0.4 is 0 Å². The van der Waals surface area contributed by atoms with Crippen molar-refractivity contribution >= 4 is 50.3 Å². The lowest BCUT2D eigenvalue weighted by Gasteiger charge is -1.50. The number of halogens is 2. The van der Waals surface area contributed by atoms with E-state index in [4.69, 9.17) is 0 Å². The summed E-state index contributed by atoms with van der Waals surface area (Å²) in [5, 5.41) is 0. The van der Waals surface area contributed by atoms with Crippen LogP contribution in [0.25, 0.3) is 0 Å². The normalized spacial score (nSPS) is 6.25. The molecule has 0 amide bonds. The molecule has 4 heteroatoms. The van der Waals surface area contributed by atoms with E-state index in [2.05, 4.69) is 48.2 Å². The lowest BCUT2D eigenvalue weighted by Crippen LogP contribution is -1.30. The summed E-state index contributed by atoms with van der Waals surface area (Å²) < 4.78 is 4.53. The van der Waals surface area contributed by atoms with Crippen molar-refractivity contribution in [2.75, 3.05) is 0 Å². The SMILES string of the molecule is [I][Mg][I].[c]1ccoc1. The highest BCUT2D eigenvalue weighted by molar-refractivity contribution is 14.3. The van der Waals surface area contributed by atoms with Gasteiger partial charge in [-0.25, -0.2) is 0 Å². The molecule has 1 rings (SSSR count). The van der Waals surface area contributed by atoms with Crippen LogP contribution in [0.3, 0.4) is 0 Å². The van der Waals surface area contributed by atoms with E-state index in [-0.39, 0.29) is 0 Å². The fourth-order valence-electron chi connectivity index (χ4n) is 0.196. The van der Waals surface area contributed by atoms with Crippen LogP contribution in [-0.4, -0.2) is 12.6 Å².